The van der Waals surface area contributed by atoms with Crippen molar-refractivity contribution < 1.29 is 4.42 Å². The van der Waals surface area contributed by atoms with Crippen LogP contribution in [0.15, 0.2) is 41.4 Å². The molecule has 4 rings (SSSR count). The van der Waals surface area contributed by atoms with Crippen LogP contribution in [-0.2, 0) is 0 Å². The van der Waals surface area contributed by atoms with E-state index >= 15 is 0 Å². The molecule has 0 saturated carbocycles. The van der Waals surface area contributed by atoms with Gasteiger partial charge in [0, 0.05) is 5.92 Å². The lowest BCUT2D eigenvalue weighted by Gasteiger charge is -2.06. The van der Waals surface area contributed by atoms with Gasteiger partial charge in [0.05, 0.1) is 18.1 Å². The molecule has 0 spiro atoms. The van der Waals surface area contributed by atoms with Gasteiger partial charge in [0.25, 0.3) is 0 Å². The first-order valence-corrected chi connectivity index (χ1v) is 7.67. The van der Waals surface area contributed by atoms with Crippen molar-refractivity contribution in [1.29, 1.82) is 0 Å². The highest BCUT2D eigenvalue weighted by atomic mass is 16.3. The molecule has 1 aromatic carbocycles. The molecule has 0 amide bonds. The van der Waals surface area contributed by atoms with Crippen LogP contribution in [-0.4, -0.2) is 24.6 Å². The Labute approximate surface area is 133 Å². The third-order valence-electron chi connectivity index (χ3n) is 4.09. The van der Waals surface area contributed by atoms with Crippen LogP contribution < -0.4 is 0 Å². The second-order valence-electron chi connectivity index (χ2n) is 6.04. The SMILES string of the molecule is CC(C)c1cn2nc(C(C)c3ccc4ocnc4c3)nc2cn1. The van der Waals surface area contributed by atoms with Crippen molar-refractivity contribution in [3.05, 3.63) is 54.1 Å². The maximum Gasteiger partial charge on any atom is 0.181 e. The third kappa shape index (κ3) is 2.36. The summed E-state index contributed by atoms with van der Waals surface area (Å²) in [5.41, 5.74) is 4.51. The molecular weight excluding hydrogens is 290 g/mol. The number of nitrogens with zero attached hydrogens (tertiary/aromatic N) is 5. The average Bonchev–Trinajstić information content (AvgIpc) is 3.18. The maximum absolute atomic E-state index is 5.29. The highest BCUT2D eigenvalue weighted by Gasteiger charge is 2.16. The van der Waals surface area contributed by atoms with E-state index < -0.39 is 0 Å². The number of fused-ring (bicyclic) bond motifs is 2. The predicted molar refractivity (Wildman–Crippen MR) is 86.4 cm³/mol. The Morgan fingerprint density at radius 3 is 2.83 bits per heavy atom. The minimum Gasteiger partial charge on any atom is -0.443 e. The van der Waals surface area contributed by atoms with Gasteiger partial charge in [0.1, 0.15) is 5.52 Å². The molecule has 4 aromatic rings. The molecule has 0 saturated heterocycles. The van der Waals surface area contributed by atoms with Gasteiger partial charge in [-0.25, -0.2) is 14.5 Å². The van der Waals surface area contributed by atoms with E-state index in [-0.39, 0.29) is 5.92 Å². The molecule has 6 nitrogen and oxygen atoms in total. The summed E-state index contributed by atoms with van der Waals surface area (Å²) in [6.45, 7) is 6.32. The van der Waals surface area contributed by atoms with Crippen LogP contribution in [0.3, 0.4) is 0 Å². The fourth-order valence-corrected chi connectivity index (χ4v) is 2.60. The first kappa shape index (κ1) is 13.9. The van der Waals surface area contributed by atoms with Crippen LogP contribution >= 0.6 is 0 Å². The standard InChI is InChI=1S/C17H17N5O/c1-10(2)14-8-22-16(7-18-14)20-17(21-22)11(3)12-4-5-15-13(6-12)19-9-23-15/h4-11H,1-3H3. The lowest BCUT2D eigenvalue weighted by molar-refractivity contribution is 0.602. The van der Waals surface area contributed by atoms with Crippen molar-refractivity contribution in [3.8, 4) is 0 Å². The van der Waals surface area contributed by atoms with Crippen LogP contribution in [0, 0.1) is 0 Å². The van der Waals surface area contributed by atoms with Gasteiger partial charge in [0.2, 0.25) is 0 Å². The summed E-state index contributed by atoms with van der Waals surface area (Å²) >= 11 is 0. The van der Waals surface area contributed by atoms with Gasteiger partial charge in [-0.2, -0.15) is 5.10 Å². The summed E-state index contributed by atoms with van der Waals surface area (Å²) in [4.78, 5) is 13.2. The Morgan fingerprint density at radius 1 is 1.13 bits per heavy atom. The molecule has 0 N–H and O–H groups in total. The van der Waals surface area contributed by atoms with Crippen LogP contribution in [0.5, 0.6) is 0 Å². The van der Waals surface area contributed by atoms with Crippen molar-refractivity contribution in [2.24, 2.45) is 0 Å². The van der Waals surface area contributed by atoms with Gasteiger partial charge < -0.3 is 4.42 Å². The van der Waals surface area contributed by atoms with Gasteiger partial charge in [-0.1, -0.05) is 26.8 Å². The van der Waals surface area contributed by atoms with Crippen molar-refractivity contribution in [2.45, 2.75) is 32.6 Å². The van der Waals surface area contributed by atoms with Crippen molar-refractivity contribution in [2.75, 3.05) is 0 Å². The van der Waals surface area contributed by atoms with Crippen molar-refractivity contribution in [1.82, 2.24) is 24.6 Å². The van der Waals surface area contributed by atoms with Crippen molar-refractivity contribution in [3.63, 3.8) is 0 Å². The Morgan fingerprint density at radius 2 is 2.00 bits per heavy atom. The molecular formula is C17H17N5O. The summed E-state index contributed by atoms with van der Waals surface area (Å²) in [6.07, 6.45) is 5.19. The number of aromatic nitrogens is 5. The van der Waals surface area contributed by atoms with Crippen LogP contribution in [0.4, 0.5) is 0 Å². The Bertz CT molecular complexity index is 985. The molecule has 0 fully saturated rings. The van der Waals surface area contributed by atoms with Crippen LogP contribution in [0.2, 0.25) is 0 Å². The zero-order chi connectivity index (χ0) is 16.0. The van der Waals surface area contributed by atoms with Crippen LogP contribution in [0.1, 0.15) is 49.7 Å². The second-order valence-corrected chi connectivity index (χ2v) is 6.04. The number of oxazole rings is 1. The summed E-state index contributed by atoms with van der Waals surface area (Å²) in [5.74, 6) is 1.20. The number of benzene rings is 1. The average molecular weight is 307 g/mol. The van der Waals surface area contributed by atoms with E-state index in [4.69, 9.17) is 4.42 Å². The minimum atomic E-state index is 0.0681. The first-order chi connectivity index (χ1) is 11.1. The number of hydrogen-bond donors (Lipinski definition) is 0. The molecule has 0 aliphatic rings. The topological polar surface area (TPSA) is 69.1 Å². The smallest absolute Gasteiger partial charge is 0.181 e. The quantitative estimate of drug-likeness (QED) is 0.579. The molecule has 23 heavy (non-hydrogen) atoms. The summed E-state index contributed by atoms with van der Waals surface area (Å²) in [7, 11) is 0. The Hall–Kier alpha value is -2.76. The highest BCUT2D eigenvalue weighted by molar-refractivity contribution is 5.73. The zero-order valence-electron chi connectivity index (χ0n) is 13.3. The largest absolute Gasteiger partial charge is 0.443 e. The molecule has 0 radical (unpaired) electrons. The molecule has 1 unspecified atom stereocenters. The molecule has 6 heteroatoms. The molecule has 3 heterocycles. The van der Waals surface area contributed by atoms with E-state index in [1.54, 1.807) is 6.20 Å². The van der Waals surface area contributed by atoms with E-state index in [1.807, 2.05) is 28.9 Å². The second kappa shape index (κ2) is 5.15. The lowest BCUT2D eigenvalue weighted by Crippen LogP contribution is -2.00. The zero-order valence-corrected chi connectivity index (χ0v) is 13.3. The monoisotopic (exact) mass is 307 g/mol. The van der Waals surface area contributed by atoms with E-state index in [1.165, 1.54) is 6.39 Å². The summed E-state index contributed by atoms with van der Waals surface area (Å²) in [6, 6.07) is 5.98. The van der Waals surface area contributed by atoms with Gasteiger partial charge >= 0.3 is 0 Å². The van der Waals surface area contributed by atoms with Gasteiger partial charge in [0.15, 0.2) is 23.4 Å². The van der Waals surface area contributed by atoms with Crippen molar-refractivity contribution >= 4 is 16.7 Å². The predicted octanol–water partition coefficient (Wildman–Crippen LogP) is 3.54. The van der Waals surface area contributed by atoms with E-state index in [9.17, 15) is 0 Å². The fourth-order valence-electron chi connectivity index (χ4n) is 2.60. The lowest BCUT2D eigenvalue weighted by atomic mass is 10.0. The third-order valence-corrected chi connectivity index (χ3v) is 4.09. The molecule has 116 valence electrons. The molecule has 3 aromatic heterocycles. The Balaban J connectivity index is 1.74. The number of hydrogen-bond acceptors (Lipinski definition) is 5. The maximum atomic E-state index is 5.29. The van der Waals surface area contributed by atoms with Gasteiger partial charge in [-0.05, 0) is 23.6 Å². The normalized spacial score (nSPS) is 13.2. The molecule has 0 bridgehead atoms. The molecule has 0 aliphatic heterocycles. The fraction of sp³-hybridized carbons (Fsp3) is 0.294. The first-order valence-electron chi connectivity index (χ1n) is 7.67. The highest BCUT2D eigenvalue weighted by Crippen LogP contribution is 2.25. The van der Waals surface area contributed by atoms with Crippen LogP contribution in [0.25, 0.3) is 16.7 Å². The van der Waals surface area contributed by atoms with E-state index in [0.29, 0.717) is 5.92 Å². The number of rotatable bonds is 3. The summed E-state index contributed by atoms with van der Waals surface area (Å²) < 4.78 is 7.10. The Kier molecular flexibility index (Phi) is 3.11. The minimum absolute atomic E-state index is 0.0681. The molecule has 1 atom stereocenters. The summed E-state index contributed by atoms with van der Waals surface area (Å²) in [5, 5.41) is 4.62. The molecule has 0 aliphatic carbocycles. The van der Waals surface area contributed by atoms with E-state index in [2.05, 4.69) is 40.8 Å². The van der Waals surface area contributed by atoms with E-state index in [0.717, 1.165) is 33.8 Å². The van der Waals surface area contributed by atoms with Gasteiger partial charge in [-0.15, -0.1) is 0 Å². The van der Waals surface area contributed by atoms with Gasteiger partial charge in [-0.3, -0.25) is 4.98 Å².